The maximum Gasteiger partial charge on any atom is 0.307 e. The van der Waals surface area contributed by atoms with Crippen LogP contribution in [0.5, 0.6) is 0 Å². The predicted molar refractivity (Wildman–Crippen MR) is 68.4 cm³/mol. The summed E-state index contributed by atoms with van der Waals surface area (Å²) in [6, 6.07) is 11.7. The van der Waals surface area contributed by atoms with E-state index in [0.29, 0.717) is 5.57 Å². The van der Waals surface area contributed by atoms with Gasteiger partial charge in [-0.3, -0.25) is 4.79 Å². The Kier molecular flexibility index (Phi) is 2.96. The van der Waals surface area contributed by atoms with Crippen LogP contribution in [0.15, 0.2) is 35.9 Å². The SMILES string of the molecule is CC1(C)C(C(=O)O)C1/C(C#N)=C/c1ccccc1. The highest BCUT2D eigenvalue weighted by Crippen LogP contribution is 2.61. The molecule has 0 spiro atoms. The molecule has 1 fully saturated rings. The molecule has 3 nitrogen and oxygen atoms in total. The summed E-state index contributed by atoms with van der Waals surface area (Å²) >= 11 is 0. The smallest absolute Gasteiger partial charge is 0.307 e. The highest BCUT2D eigenvalue weighted by molar-refractivity contribution is 5.78. The number of carbonyl (C=O) groups is 1. The minimum absolute atomic E-state index is 0.180. The summed E-state index contributed by atoms with van der Waals surface area (Å²) in [5.41, 5.74) is 1.15. The average molecular weight is 241 g/mol. The molecule has 0 heterocycles. The van der Waals surface area contributed by atoms with Gasteiger partial charge in [-0.2, -0.15) is 5.26 Å². The molecule has 1 aromatic carbocycles. The van der Waals surface area contributed by atoms with Crippen LogP contribution in [0, 0.1) is 28.6 Å². The number of carboxylic acid groups (broad SMARTS) is 1. The fourth-order valence-electron chi connectivity index (χ4n) is 2.60. The lowest BCUT2D eigenvalue weighted by molar-refractivity contribution is -0.139. The first kappa shape index (κ1) is 12.4. The number of nitriles is 1. The summed E-state index contributed by atoms with van der Waals surface area (Å²) in [4.78, 5) is 11.1. The van der Waals surface area contributed by atoms with Crippen molar-refractivity contribution in [2.75, 3.05) is 0 Å². The molecular formula is C15H15NO2. The van der Waals surface area contributed by atoms with Crippen LogP contribution in [0.2, 0.25) is 0 Å². The Morgan fingerprint density at radius 2 is 1.94 bits per heavy atom. The zero-order valence-electron chi connectivity index (χ0n) is 10.4. The second kappa shape index (κ2) is 4.30. The third-order valence-electron chi connectivity index (χ3n) is 3.68. The van der Waals surface area contributed by atoms with Gasteiger partial charge >= 0.3 is 5.97 Å². The lowest BCUT2D eigenvalue weighted by Crippen LogP contribution is -2.03. The lowest BCUT2D eigenvalue weighted by atomic mass is 10.0. The number of aliphatic carboxylic acids is 1. The van der Waals surface area contributed by atoms with E-state index in [9.17, 15) is 10.1 Å². The molecule has 92 valence electrons. The molecule has 0 aliphatic heterocycles. The Labute approximate surface area is 106 Å². The van der Waals surface area contributed by atoms with E-state index >= 15 is 0 Å². The maximum absolute atomic E-state index is 11.1. The Morgan fingerprint density at radius 3 is 2.39 bits per heavy atom. The quantitative estimate of drug-likeness (QED) is 0.827. The second-order valence-electron chi connectivity index (χ2n) is 5.24. The topological polar surface area (TPSA) is 61.1 Å². The molecule has 0 radical (unpaired) electrons. The third-order valence-corrected chi connectivity index (χ3v) is 3.68. The highest BCUT2D eigenvalue weighted by atomic mass is 16.4. The largest absolute Gasteiger partial charge is 0.481 e. The molecule has 1 aliphatic rings. The van der Waals surface area contributed by atoms with E-state index < -0.39 is 11.9 Å². The van der Waals surface area contributed by atoms with Gasteiger partial charge in [0.05, 0.1) is 12.0 Å². The summed E-state index contributed by atoms with van der Waals surface area (Å²) in [5, 5.41) is 18.4. The van der Waals surface area contributed by atoms with Crippen molar-refractivity contribution in [2.24, 2.45) is 17.3 Å². The average Bonchev–Trinajstić information content (AvgIpc) is 2.90. The van der Waals surface area contributed by atoms with E-state index in [-0.39, 0.29) is 11.3 Å². The maximum atomic E-state index is 11.1. The van der Waals surface area contributed by atoms with Gasteiger partial charge in [0.1, 0.15) is 0 Å². The van der Waals surface area contributed by atoms with Crippen LogP contribution in [0.25, 0.3) is 6.08 Å². The van der Waals surface area contributed by atoms with Crippen LogP contribution in [-0.4, -0.2) is 11.1 Å². The predicted octanol–water partition coefficient (Wildman–Crippen LogP) is 2.95. The van der Waals surface area contributed by atoms with Gasteiger partial charge in [0, 0.05) is 11.5 Å². The first-order chi connectivity index (χ1) is 8.48. The van der Waals surface area contributed by atoms with Crippen LogP contribution in [0.3, 0.4) is 0 Å². The monoisotopic (exact) mass is 241 g/mol. The summed E-state index contributed by atoms with van der Waals surface area (Å²) < 4.78 is 0. The fraction of sp³-hybridized carbons (Fsp3) is 0.333. The standard InChI is InChI=1S/C15H15NO2/c1-15(2)12(13(15)14(17)18)11(9-16)8-10-6-4-3-5-7-10/h3-8,12-13H,1-2H3,(H,17,18)/b11-8+. The summed E-state index contributed by atoms with van der Waals surface area (Å²) in [6.07, 6.45) is 1.79. The minimum Gasteiger partial charge on any atom is -0.481 e. The van der Waals surface area contributed by atoms with Gasteiger partial charge in [0.15, 0.2) is 0 Å². The van der Waals surface area contributed by atoms with Crippen LogP contribution in [-0.2, 0) is 4.79 Å². The highest BCUT2D eigenvalue weighted by Gasteiger charge is 2.63. The molecule has 1 saturated carbocycles. The molecule has 0 bridgehead atoms. The van der Waals surface area contributed by atoms with Crippen LogP contribution < -0.4 is 0 Å². The van der Waals surface area contributed by atoms with Crippen molar-refractivity contribution in [1.29, 1.82) is 5.26 Å². The van der Waals surface area contributed by atoms with Gasteiger partial charge in [-0.15, -0.1) is 0 Å². The Balaban J connectivity index is 2.30. The molecule has 0 saturated heterocycles. The molecule has 2 rings (SSSR count). The fourth-order valence-corrected chi connectivity index (χ4v) is 2.60. The lowest BCUT2D eigenvalue weighted by Gasteiger charge is -2.00. The van der Waals surface area contributed by atoms with Gasteiger partial charge in [-0.05, 0) is 17.1 Å². The van der Waals surface area contributed by atoms with Gasteiger partial charge in [0.25, 0.3) is 0 Å². The van der Waals surface area contributed by atoms with Crippen LogP contribution in [0.1, 0.15) is 19.4 Å². The van der Waals surface area contributed by atoms with E-state index in [4.69, 9.17) is 5.11 Å². The number of rotatable bonds is 3. The number of hydrogen-bond donors (Lipinski definition) is 1. The van der Waals surface area contributed by atoms with Crippen molar-refractivity contribution >= 4 is 12.0 Å². The van der Waals surface area contributed by atoms with E-state index in [2.05, 4.69) is 6.07 Å². The summed E-state index contributed by atoms with van der Waals surface area (Å²) in [7, 11) is 0. The molecule has 1 aliphatic carbocycles. The second-order valence-corrected chi connectivity index (χ2v) is 5.24. The molecule has 1 aromatic rings. The van der Waals surface area contributed by atoms with Crippen molar-refractivity contribution in [1.82, 2.24) is 0 Å². The van der Waals surface area contributed by atoms with E-state index in [0.717, 1.165) is 5.56 Å². The van der Waals surface area contributed by atoms with Gasteiger partial charge in [0.2, 0.25) is 0 Å². The first-order valence-electron chi connectivity index (χ1n) is 5.88. The van der Waals surface area contributed by atoms with Crippen molar-refractivity contribution < 1.29 is 9.90 Å². The number of hydrogen-bond acceptors (Lipinski definition) is 2. The first-order valence-corrected chi connectivity index (χ1v) is 5.88. The Morgan fingerprint density at radius 1 is 1.33 bits per heavy atom. The van der Waals surface area contributed by atoms with Crippen molar-refractivity contribution in [3.8, 4) is 6.07 Å². The molecule has 1 N–H and O–H groups in total. The van der Waals surface area contributed by atoms with Crippen molar-refractivity contribution in [3.05, 3.63) is 41.5 Å². The van der Waals surface area contributed by atoms with Crippen molar-refractivity contribution in [2.45, 2.75) is 13.8 Å². The number of carboxylic acids is 1. The third kappa shape index (κ3) is 2.02. The van der Waals surface area contributed by atoms with Gasteiger partial charge in [-0.1, -0.05) is 44.2 Å². The van der Waals surface area contributed by atoms with Gasteiger partial charge < -0.3 is 5.11 Å². The normalized spacial score (nSPS) is 25.3. The molecule has 3 heteroatoms. The zero-order chi connectivity index (χ0) is 13.3. The number of benzene rings is 1. The Hall–Kier alpha value is -2.08. The van der Waals surface area contributed by atoms with Crippen LogP contribution >= 0.6 is 0 Å². The minimum atomic E-state index is -0.820. The number of nitrogens with zero attached hydrogens (tertiary/aromatic N) is 1. The molecule has 18 heavy (non-hydrogen) atoms. The van der Waals surface area contributed by atoms with E-state index in [1.165, 1.54) is 0 Å². The van der Waals surface area contributed by atoms with E-state index in [1.807, 2.05) is 44.2 Å². The molecule has 2 unspecified atom stereocenters. The van der Waals surface area contributed by atoms with Crippen molar-refractivity contribution in [3.63, 3.8) is 0 Å². The molecule has 0 amide bonds. The summed E-state index contributed by atoms with van der Waals surface area (Å²) in [5.74, 6) is -1.45. The molecular weight excluding hydrogens is 226 g/mol. The zero-order valence-corrected chi connectivity index (χ0v) is 10.4. The van der Waals surface area contributed by atoms with E-state index in [1.54, 1.807) is 6.08 Å². The van der Waals surface area contributed by atoms with Gasteiger partial charge in [-0.25, -0.2) is 0 Å². The molecule has 2 atom stereocenters. The van der Waals surface area contributed by atoms with Crippen LogP contribution in [0.4, 0.5) is 0 Å². The Bertz CT molecular complexity index is 537. The summed E-state index contributed by atoms with van der Waals surface area (Å²) in [6.45, 7) is 3.79. The molecule has 0 aromatic heterocycles. The number of allylic oxidation sites excluding steroid dienone is 1.